The van der Waals surface area contributed by atoms with Crippen LogP contribution in [0.5, 0.6) is 0 Å². The minimum atomic E-state index is -3.31. The molecule has 2 bridgehead atoms. The Morgan fingerprint density at radius 2 is 1.75 bits per heavy atom. The molecule has 154 valence electrons. The molecule has 2 amide bonds. The third-order valence-electron chi connectivity index (χ3n) is 7.88. The molecule has 6 heteroatoms. The van der Waals surface area contributed by atoms with E-state index in [9.17, 15) is 13.2 Å². The van der Waals surface area contributed by atoms with Gasteiger partial charge in [0.15, 0.2) is 9.84 Å². The fraction of sp³-hybridized carbons (Fsp3) is 0.682. The number of rotatable bonds is 1. The van der Waals surface area contributed by atoms with Crippen molar-refractivity contribution in [3.63, 3.8) is 0 Å². The van der Waals surface area contributed by atoms with E-state index in [0.29, 0.717) is 11.3 Å². The summed E-state index contributed by atoms with van der Waals surface area (Å²) < 4.78 is 24.9. The largest absolute Gasteiger partial charge is 0.325 e. The van der Waals surface area contributed by atoms with Crippen molar-refractivity contribution in [2.24, 2.45) is 5.41 Å². The second-order valence-corrected chi connectivity index (χ2v) is 11.6. The van der Waals surface area contributed by atoms with Crippen LogP contribution in [-0.4, -0.2) is 56.2 Å². The fourth-order valence-electron chi connectivity index (χ4n) is 5.76. The zero-order chi connectivity index (χ0) is 20.3. The van der Waals surface area contributed by atoms with Gasteiger partial charge in [-0.25, -0.2) is 13.2 Å². The van der Waals surface area contributed by atoms with Gasteiger partial charge in [-0.1, -0.05) is 32.9 Å². The Morgan fingerprint density at radius 1 is 1.07 bits per heavy atom. The van der Waals surface area contributed by atoms with Gasteiger partial charge in [0.2, 0.25) is 0 Å². The van der Waals surface area contributed by atoms with Crippen molar-refractivity contribution in [1.29, 1.82) is 0 Å². The van der Waals surface area contributed by atoms with E-state index in [1.807, 2.05) is 11.0 Å². The summed E-state index contributed by atoms with van der Waals surface area (Å²) in [4.78, 5) is 17.9. The summed E-state index contributed by atoms with van der Waals surface area (Å²) in [5, 5.41) is 0. The first-order chi connectivity index (χ1) is 13.1. The fourth-order valence-corrected chi connectivity index (χ4v) is 6.72. The molecular formula is C22H32N2O3S. The van der Waals surface area contributed by atoms with E-state index in [1.165, 1.54) is 12.7 Å². The van der Waals surface area contributed by atoms with Crippen molar-refractivity contribution < 1.29 is 13.2 Å². The molecule has 2 saturated heterocycles. The molecule has 0 saturated carbocycles. The topological polar surface area (TPSA) is 57.7 Å². The van der Waals surface area contributed by atoms with Crippen LogP contribution >= 0.6 is 0 Å². The molecule has 2 aliphatic heterocycles. The van der Waals surface area contributed by atoms with Gasteiger partial charge in [0.25, 0.3) is 0 Å². The summed E-state index contributed by atoms with van der Waals surface area (Å²) in [7, 11) is -3.31. The number of urea groups is 1. The van der Waals surface area contributed by atoms with Crippen LogP contribution in [-0.2, 0) is 21.7 Å². The number of likely N-dealkylation sites (tertiary alicyclic amines) is 2. The Labute approximate surface area is 169 Å². The van der Waals surface area contributed by atoms with Crippen LogP contribution in [0.25, 0.3) is 0 Å². The summed E-state index contributed by atoms with van der Waals surface area (Å²) in [6, 6.07) is 5.85. The van der Waals surface area contributed by atoms with Crippen molar-refractivity contribution >= 4 is 15.9 Å². The Kier molecular flexibility index (Phi) is 4.57. The number of amides is 2. The maximum absolute atomic E-state index is 13.4. The van der Waals surface area contributed by atoms with Crippen molar-refractivity contribution in [1.82, 2.24) is 9.80 Å². The number of sulfone groups is 1. The first-order valence-corrected chi connectivity index (χ1v) is 12.3. The number of carbonyl (C=O) groups excluding carboxylic acids is 1. The maximum Gasteiger partial charge on any atom is 0.320 e. The molecule has 0 unspecified atom stereocenters. The number of piperidine rings is 2. The normalized spacial score (nSPS) is 29.4. The Balaban J connectivity index is 1.79. The molecule has 5 nitrogen and oxygen atoms in total. The van der Waals surface area contributed by atoms with Crippen LogP contribution in [0.15, 0.2) is 23.1 Å². The summed E-state index contributed by atoms with van der Waals surface area (Å²) in [6.45, 7) is 9.18. The molecule has 4 rings (SSSR count). The van der Waals surface area contributed by atoms with E-state index < -0.39 is 9.84 Å². The van der Waals surface area contributed by atoms with Gasteiger partial charge >= 0.3 is 6.03 Å². The van der Waals surface area contributed by atoms with Crippen molar-refractivity contribution in [3.8, 4) is 0 Å². The highest BCUT2D eigenvalue weighted by Gasteiger charge is 2.57. The Bertz CT molecular complexity index is 902. The lowest BCUT2D eigenvalue weighted by atomic mass is 9.51. The van der Waals surface area contributed by atoms with Gasteiger partial charge in [0.05, 0.1) is 4.90 Å². The smallest absolute Gasteiger partial charge is 0.320 e. The van der Waals surface area contributed by atoms with Crippen LogP contribution in [0, 0.1) is 5.41 Å². The highest BCUT2D eigenvalue weighted by atomic mass is 32.2. The highest BCUT2D eigenvalue weighted by Crippen LogP contribution is 2.56. The van der Waals surface area contributed by atoms with Crippen LogP contribution < -0.4 is 0 Å². The minimum Gasteiger partial charge on any atom is -0.325 e. The molecule has 2 fully saturated rings. The predicted octanol–water partition coefficient (Wildman–Crippen LogP) is 3.61. The zero-order valence-corrected chi connectivity index (χ0v) is 18.3. The third-order valence-corrected chi connectivity index (χ3v) is 9.06. The van der Waals surface area contributed by atoms with Gasteiger partial charge in [-0.15, -0.1) is 0 Å². The van der Waals surface area contributed by atoms with E-state index in [0.717, 1.165) is 50.0 Å². The van der Waals surface area contributed by atoms with Crippen molar-refractivity contribution in [2.45, 2.75) is 69.2 Å². The number of hydrogen-bond donors (Lipinski definition) is 0. The van der Waals surface area contributed by atoms with Gasteiger partial charge in [0, 0.05) is 37.3 Å². The van der Waals surface area contributed by atoms with Crippen molar-refractivity contribution in [3.05, 3.63) is 29.3 Å². The van der Waals surface area contributed by atoms with E-state index in [1.54, 1.807) is 6.07 Å². The third kappa shape index (κ3) is 2.78. The lowest BCUT2D eigenvalue weighted by Crippen LogP contribution is -2.66. The first-order valence-electron chi connectivity index (χ1n) is 10.5. The number of hydrogen-bond acceptors (Lipinski definition) is 3. The molecular weight excluding hydrogens is 372 g/mol. The number of fused-ring (bicyclic) bond motifs is 4. The van der Waals surface area contributed by atoms with Crippen LogP contribution in [0.4, 0.5) is 4.79 Å². The van der Waals surface area contributed by atoms with E-state index in [2.05, 4.69) is 31.7 Å². The number of nitrogens with zero attached hydrogens (tertiary/aromatic N) is 2. The van der Waals surface area contributed by atoms with E-state index in [-0.39, 0.29) is 22.9 Å². The Hall–Kier alpha value is -1.56. The molecule has 0 aromatic heterocycles. The standard InChI is InChI=1S/C22H32N2O3S/c1-21(2)19-15-16-17(9-8-10-18(16)28(4,26)27)22(21,3)11-14-24(19)20(25)23-12-6-5-7-13-23/h8-10,19H,5-7,11-15H2,1-4H3/t19-,22+/m0/s1. The SMILES string of the molecule is CC1(C)[C@@H]2Cc3c(cccc3S(C)(=O)=O)[C@@]1(C)CCN2C(=O)N1CCCCC1. The average Bonchev–Trinajstić information content (AvgIpc) is 2.64. The number of benzene rings is 1. The minimum absolute atomic E-state index is 0.0103. The summed E-state index contributed by atoms with van der Waals surface area (Å²) >= 11 is 0. The second kappa shape index (κ2) is 6.48. The molecule has 1 aromatic rings. The molecule has 2 atom stereocenters. The van der Waals surface area contributed by atoms with Gasteiger partial charge < -0.3 is 9.80 Å². The Morgan fingerprint density at radius 3 is 2.39 bits per heavy atom. The summed E-state index contributed by atoms with van der Waals surface area (Å²) in [6.07, 6.45) is 6.11. The van der Waals surface area contributed by atoms with Crippen LogP contribution in [0.2, 0.25) is 0 Å². The van der Waals surface area contributed by atoms with Gasteiger partial charge in [-0.05, 0) is 54.7 Å². The quantitative estimate of drug-likeness (QED) is 0.718. The molecule has 3 aliphatic rings. The van der Waals surface area contributed by atoms with E-state index in [4.69, 9.17) is 0 Å². The van der Waals surface area contributed by atoms with Crippen molar-refractivity contribution in [2.75, 3.05) is 25.9 Å². The molecule has 0 spiro atoms. The zero-order valence-electron chi connectivity index (χ0n) is 17.5. The monoisotopic (exact) mass is 404 g/mol. The molecule has 2 heterocycles. The van der Waals surface area contributed by atoms with Gasteiger partial charge in [0.1, 0.15) is 0 Å². The van der Waals surface area contributed by atoms with Gasteiger partial charge in [-0.2, -0.15) is 0 Å². The molecule has 28 heavy (non-hydrogen) atoms. The maximum atomic E-state index is 13.4. The lowest BCUT2D eigenvalue weighted by molar-refractivity contribution is -0.0248. The lowest BCUT2D eigenvalue weighted by Gasteiger charge is -2.61. The molecule has 1 aliphatic carbocycles. The first kappa shape index (κ1) is 19.7. The summed E-state index contributed by atoms with van der Waals surface area (Å²) in [5.74, 6) is 0. The molecule has 1 aromatic carbocycles. The van der Waals surface area contributed by atoms with Gasteiger partial charge in [-0.3, -0.25) is 0 Å². The second-order valence-electron chi connectivity index (χ2n) is 9.60. The molecule has 0 radical (unpaired) electrons. The average molecular weight is 405 g/mol. The van der Waals surface area contributed by atoms with Crippen LogP contribution in [0.3, 0.4) is 0 Å². The predicted molar refractivity (Wildman–Crippen MR) is 110 cm³/mol. The van der Waals surface area contributed by atoms with Crippen LogP contribution in [0.1, 0.15) is 57.6 Å². The summed E-state index contributed by atoms with van der Waals surface area (Å²) in [5.41, 5.74) is 1.81. The van der Waals surface area contributed by atoms with E-state index >= 15 is 0 Å². The number of carbonyl (C=O) groups is 1. The molecule has 0 N–H and O–H groups in total. The highest BCUT2D eigenvalue weighted by molar-refractivity contribution is 7.90.